The van der Waals surface area contributed by atoms with E-state index in [-0.39, 0.29) is 11.7 Å². The van der Waals surface area contributed by atoms with Crippen molar-refractivity contribution in [1.82, 2.24) is 9.88 Å². The van der Waals surface area contributed by atoms with Crippen LogP contribution in [0.5, 0.6) is 0 Å². The molecule has 0 aliphatic carbocycles. The summed E-state index contributed by atoms with van der Waals surface area (Å²) < 4.78 is 0. The van der Waals surface area contributed by atoms with Crippen LogP contribution >= 0.6 is 0 Å². The predicted molar refractivity (Wildman–Crippen MR) is 85.7 cm³/mol. The van der Waals surface area contributed by atoms with Gasteiger partial charge in [-0.05, 0) is 51.5 Å². The summed E-state index contributed by atoms with van der Waals surface area (Å²) in [6, 6.07) is 3.18. The van der Waals surface area contributed by atoms with Crippen molar-refractivity contribution in [2.75, 3.05) is 30.7 Å². The minimum atomic E-state index is -1.05. The molecular formula is C15H26N4O2. The Bertz CT molecular complexity index is 461. The average molecular weight is 294 g/mol. The summed E-state index contributed by atoms with van der Waals surface area (Å²) in [4.78, 5) is 17.3. The van der Waals surface area contributed by atoms with Crippen molar-refractivity contribution >= 4 is 17.5 Å². The molecule has 1 heterocycles. The fraction of sp³-hybridized carbons (Fsp3) is 0.600. The van der Waals surface area contributed by atoms with Crippen molar-refractivity contribution in [3.05, 3.63) is 17.8 Å². The summed E-state index contributed by atoms with van der Waals surface area (Å²) in [6.07, 6.45) is 2.06. The molecule has 6 heteroatoms. The van der Waals surface area contributed by atoms with Crippen LogP contribution in [0.1, 0.15) is 44.1 Å². The molecule has 0 aliphatic rings. The molecule has 118 valence electrons. The first kappa shape index (κ1) is 17.2. The van der Waals surface area contributed by atoms with Gasteiger partial charge in [0, 0.05) is 6.04 Å². The van der Waals surface area contributed by atoms with Crippen LogP contribution in [-0.2, 0) is 0 Å². The SMILES string of the molecule is CCN(CC)CCCC(C)Nc1nc(C(=O)O)ccc1N. The number of nitrogen functional groups attached to an aromatic ring is 1. The molecule has 1 aromatic rings. The fourth-order valence-corrected chi connectivity index (χ4v) is 2.17. The first-order valence-corrected chi connectivity index (χ1v) is 7.46. The number of carboxylic acid groups (broad SMARTS) is 1. The third kappa shape index (κ3) is 5.59. The average Bonchev–Trinajstić information content (AvgIpc) is 2.45. The second-order valence-corrected chi connectivity index (χ2v) is 5.15. The molecule has 21 heavy (non-hydrogen) atoms. The van der Waals surface area contributed by atoms with Crippen LogP contribution in [0.4, 0.5) is 11.5 Å². The third-order valence-corrected chi connectivity index (χ3v) is 3.53. The Labute approximate surface area is 126 Å². The highest BCUT2D eigenvalue weighted by molar-refractivity contribution is 5.86. The monoisotopic (exact) mass is 294 g/mol. The van der Waals surface area contributed by atoms with E-state index < -0.39 is 5.97 Å². The number of hydrogen-bond donors (Lipinski definition) is 3. The maximum Gasteiger partial charge on any atom is 0.354 e. The lowest BCUT2D eigenvalue weighted by Gasteiger charge is -2.20. The van der Waals surface area contributed by atoms with Crippen molar-refractivity contribution in [1.29, 1.82) is 0 Å². The molecule has 0 fully saturated rings. The van der Waals surface area contributed by atoms with E-state index in [0.717, 1.165) is 32.5 Å². The number of rotatable bonds is 9. The molecule has 1 unspecified atom stereocenters. The predicted octanol–water partition coefficient (Wildman–Crippen LogP) is 2.28. The van der Waals surface area contributed by atoms with Crippen LogP contribution in [0, 0.1) is 0 Å². The molecule has 6 nitrogen and oxygen atoms in total. The standard InChI is InChI=1S/C15H26N4O2/c1-4-19(5-2)10-6-7-11(3)17-14-12(16)8-9-13(18-14)15(20)21/h8-9,11H,4-7,10,16H2,1-3H3,(H,17,18)(H,20,21). The highest BCUT2D eigenvalue weighted by atomic mass is 16.4. The number of carbonyl (C=O) groups is 1. The molecule has 4 N–H and O–H groups in total. The number of carboxylic acids is 1. The van der Waals surface area contributed by atoms with Crippen molar-refractivity contribution < 1.29 is 9.90 Å². The zero-order valence-electron chi connectivity index (χ0n) is 13.1. The molecule has 0 saturated heterocycles. The Hall–Kier alpha value is -1.82. The number of anilines is 2. The Morgan fingerprint density at radius 1 is 1.43 bits per heavy atom. The van der Waals surface area contributed by atoms with E-state index in [0.29, 0.717) is 11.5 Å². The smallest absolute Gasteiger partial charge is 0.354 e. The van der Waals surface area contributed by atoms with Gasteiger partial charge >= 0.3 is 5.97 Å². The number of aromatic nitrogens is 1. The minimum Gasteiger partial charge on any atom is -0.477 e. The van der Waals surface area contributed by atoms with Crippen molar-refractivity contribution in [3.63, 3.8) is 0 Å². The summed E-state index contributed by atoms with van der Waals surface area (Å²) in [6.45, 7) is 9.56. The molecule has 1 rings (SSSR count). The number of aromatic carboxylic acids is 1. The number of pyridine rings is 1. The second-order valence-electron chi connectivity index (χ2n) is 5.15. The summed E-state index contributed by atoms with van der Waals surface area (Å²) in [7, 11) is 0. The van der Waals surface area contributed by atoms with E-state index in [1.807, 2.05) is 0 Å². The molecule has 0 bridgehead atoms. The Balaban J connectivity index is 2.52. The quantitative estimate of drug-likeness (QED) is 0.647. The lowest BCUT2D eigenvalue weighted by molar-refractivity contribution is 0.0690. The first-order valence-electron chi connectivity index (χ1n) is 7.46. The van der Waals surface area contributed by atoms with E-state index in [1.165, 1.54) is 6.07 Å². The van der Waals surface area contributed by atoms with Gasteiger partial charge in [-0.1, -0.05) is 13.8 Å². The van der Waals surface area contributed by atoms with Crippen LogP contribution in [0.2, 0.25) is 0 Å². The largest absolute Gasteiger partial charge is 0.477 e. The van der Waals surface area contributed by atoms with Crippen LogP contribution in [0.25, 0.3) is 0 Å². The molecular weight excluding hydrogens is 268 g/mol. The van der Waals surface area contributed by atoms with E-state index in [9.17, 15) is 4.79 Å². The van der Waals surface area contributed by atoms with Gasteiger partial charge in [-0.25, -0.2) is 9.78 Å². The Morgan fingerprint density at radius 2 is 2.10 bits per heavy atom. The first-order chi connectivity index (χ1) is 9.97. The molecule has 0 spiro atoms. The lowest BCUT2D eigenvalue weighted by atomic mass is 10.1. The molecule has 1 atom stereocenters. The van der Waals surface area contributed by atoms with Crippen LogP contribution in [0.15, 0.2) is 12.1 Å². The van der Waals surface area contributed by atoms with Gasteiger partial charge in [0.05, 0.1) is 5.69 Å². The molecule has 1 aromatic heterocycles. The van der Waals surface area contributed by atoms with E-state index in [4.69, 9.17) is 10.8 Å². The third-order valence-electron chi connectivity index (χ3n) is 3.53. The maximum absolute atomic E-state index is 10.9. The zero-order chi connectivity index (χ0) is 15.8. The second kappa shape index (κ2) is 8.46. The van der Waals surface area contributed by atoms with E-state index >= 15 is 0 Å². The van der Waals surface area contributed by atoms with Gasteiger partial charge in [0.1, 0.15) is 5.82 Å². The fourth-order valence-electron chi connectivity index (χ4n) is 2.17. The van der Waals surface area contributed by atoms with Gasteiger partial charge < -0.3 is 21.1 Å². The van der Waals surface area contributed by atoms with E-state index in [1.54, 1.807) is 6.07 Å². The molecule has 0 aliphatic heterocycles. The Kier molecular flexibility index (Phi) is 6.94. The summed E-state index contributed by atoms with van der Waals surface area (Å²) in [5.74, 6) is -0.600. The topological polar surface area (TPSA) is 91.5 Å². The highest BCUT2D eigenvalue weighted by Crippen LogP contribution is 2.18. The molecule has 0 aromatic carbocycles. The van der Waals surface area contributed by atoms with Gasteiger partial charge in [-0.15, -0.1) is 0 Å². The molecule has 0 radical (unpaired) electrons. The van der Waals surface area contributed by atoms with Crippen LogP contribution in [-0.4, -0.2) is 46.6 Å². The van der Waals surface area contributed by atoms with Gasteiger partial charge in [0.15, 0.2) is 5.69 Å². The van der Waals surface area contributed by atoms with Crippen molar-refractivity contribution in [3.8, 4) is 0 Å². The van der Waals surface area contributed by atoms with Gasteiger partial charge in [0.2, 0.25) is 0 Å². The van der Waals surface area contributed by atoms with Crippen LogP contribution < -0.4 is 11.1 Å². The molecule has 0 saturated carbocycles. The summed E-state index contributed by atoms with van der Waals surface area (Å²) in [5.41, 5.74) is 6.30. The summed E-state index contributed by atoms with van der Waals surface area (Å²) >= 11 is 0. The Morgan fingerprint density at radius 3 is 2.67 bits per heavy atom. The molecule has 0 amide bonds. The number of hydrogen-bond acceptors (Lipinski definition) is 5. The number of nitrogens with two attached hydrogens (primary N) is 1. The normalized spacial score (nSPS) is 12.4. The van der Waals surface area contributed by atoms with Crippen molar-refractivity contribution in [2.24, 2.45) is 0 Å². The van der Waals surface area contributed by atoms with Gasteiger partial charge in [0.25, 0.3) is 0 Å². The minimum absolute atomic E-state index is 0.00189. The number of nitrogens with one attached hydrogen (secondary N) is 1. The lowest BCUT2D eigenvalue weighted by Crippen LogP contribution is -2.26. The van der Waals surface area contributed by atoms with E-state index in [2.05, 4.69) is 36.0 Å². The van der Waals surface area contributed by atoms with Crippen molar-refractivity contribution in [2.45, 2.75) is 39.7 Å². The summed E-state index contributed by atoms with van der Waals surface area (Å²) in [5, 5.41) is 12.2. The van der Waals surface area contributed by atoms with Gasteiger partial charge in [-0.2, -0.15) is 0 Å². The van der Waals surface area contributed by atoms with Gasteiger partial charge in [-0.3, -0.25) is 0 Å². The number of nitrogens with zero attached hydrogens (tertiary/aromatic N) is 2. The van der Waals surface area contributed by atoms with Crippen LogP contribution in [0.3, 0.4) is 0 Å². The maximum atomic E-state index is 10.9. The highest BCUT2D eigenvalue weighted by Gasteiger charge is 2.11. The zero-order valence-corrected chi connectivity index (χ0v) is 13.1.